The van der Waals surface area contributed by atoms with Crippen LogP contribution in [0.5, 0.6) is 0 Å². The Morgan fingerprint density at radius 3 is 2.75 bits per heavy atom. The average molecular weight is 384 g/mol. The van der Waals surface area contributed by atoms with Crippen LogP contribution in [0.4, 0.5) is 0 Å². The van der Waals surface area contributed by atoms with Crippen LogP contribution in [-0.2, 0) is 12.3 Å². The summed E-state index contributed by atoms with van der Waals surface area (Å²) in [6, 6.07) is 5.36. The number of rotatable bonds is 6. The SMILES string of the molecule is CC(C)Cn1c(SCc2ncon2)nnc1-c1ccc(Cl)cc1Cl. The van der Waals surface area contributed by atoms with Gasteiger partial charge in [-0.2, -0.15) is 4.98 Å². The first kappa shape index (κ1) is 17.3. The number of aromatic nitrogens is 5. The van der Waals surface area contributed by atoms with Crippen LogP contribution in [-0.4, -0.2) is 24.9 Å². The van der Waals surface area contributed by atoms with E-state index in [0.29, 0.717) is 27.5 Å². The number of halogens is 2. The third kappa shape index (κ3) is 3.91. The Kier molecular flexibility index (Phi) is 5.43. The highest BCUT2D eigenvalue weighted by molar-refractivity contribution is 7.98. The molecule has 0 unspecified atom stereocenters. The minimum Gasteiger partial charge on any atom is -0.343 e. The molecule has 0 aliphatic rings. The summed E-state index contributed by atoms with van der Waals surface area (Å²) in [6.07, 6.45) is 1.31. The van der Waals surface area contributed by atoms with E-state index in [0.717, 1.165) is 23.1 Å². The van der Waals surface area contributed by atoms with Gasteiger partial charge in [0.1, 0.15) is 0 Å². The Labute approximate surface area is 153 Å². The molecular formula is C15H15Cl2N5OS. The molecule has 0 radical (unpaired) electrons. The van der Waals surface area contributed by atoms with Gasteiger partial charge < -0.3 is 9.09 Å². The molecule has 0 aliphatic heterocycles. The predicted molar refractivity (Wildman–Crippen MR) is 94.2 cm³/mol. The third-order valence-electron chi connectivity index (χ3n) is 3.17. The van der Waals surface area contributed by atoms with Crippen molar-refractivity contribution in [1.82, 2.24) is 24.9 Å². The van der Waals surface area contributed by atoms with Gasteiger partial charge in [0, 0.05) is 17.1 Å². The van der Waals surface area contributed by atoms with Crippen molar-refractivity contribution in [3.05, 3.63) is 40.5 Å². The summed E-state index contributed by atoms with van der Waals surface area (Å²) in [5.41, 5.74) is 0.806. The molecule has 2 aromatic heterocycles. The Bertz CT molecular complexity index is 819. The Balaban J connectivity index is 1.93. The summed E-state index contributed by atoms with van der Waals surface area (Å²) in [7, 11) is 0. The molecule has 126 valence electrons. The van der Waals surface area contributed by atoms with Gasteiger partial charge in [0.15, 0.2) is 16.8 Å². The van der Waals surface area contributed by atoms with E-state index in [-0.39, 0.29) is 0 Å². The monoisotopic (exact) mass is 383 g/mol. The molecule has 1 aromatic carbocycles. The fraction of sp³-hybridized carbons (Fsp3) is 0.333. The molecule has 24 heavy (non-hydrogen) atoms. The zero-order chi connectivity index (χ0) is 17.1. The van der Waals surface area contributed by atoms with E-state index >= 15 is 0 Å². The normalized spacial score (nSPS) is 11.4. The van der Waals surface area contributed by atoms with Gasteiger partial charge in [0.2, 0.25) is 6.39 Å². The topological polar surface area (TPSA) is 69.6 Å². The highest BCUT2D eigenvalue weighted by atomic mass is 35.5. The van der Waals surface area contributed by atoms with Gasteiger partial charge in [-0.25, -0.2) is 0 Å². The van der Waals surface area contributed by atoms with Crippen LogP contribution in [0.3, 0.4) is 0 Å². The van der Waals surface area contributed by atoms with Gasteiger partial charge >= 0.3 is 0 Å². The maximum absolute atomic E-state index is 6.34. The van der Waals surface area contributed by atoms with Crippen LogP contribution in [0.2, 0.25) is 10.0 Å². The Morgan fingerprint density at radius 1 is 1.25 bits per heavy atom. The molecule has 0 N–H and O–H groups in total. The second kappa shape index (κ2) is 7.55. The molecule has 9 heteroatoms. The number of nitrogens with zero attached hydrogens (tertiary/aromatic N) is 5. The first-order valence-electron chi connectivity index (χ1n) is 7.31. The second-order valence-corrected chi connectivity index (χ2v) is 7.36. The Morgan fingerprint density at radius 2 is 2.08 bits per heavy atom. The summed E-state index contributed by atoms with van der Waals surface area (Å²) >= 11 is 13.8. The molecule has 0 fully saturated rings. The molecule has 0 saturated heterocycles. The molecule has 0 atom stereocenters. The fourth-order valence-corrected chi connectivity index (χ4v) is 3.47. The van der Waals surface area contributed by atoms with Gasteiger partial charge in [0.25, 0.3) is 0 Å². The quantitative estimate of drug-likeness (QED) is 0.580. The zero-order valence-corrected chi connectivity index (χ0v) is 15.4. The van der Waals surface area contributed by atoms with Crippen LogP contribution >= 0.6 is 35.0 Å². The van der Waals surface area contributed by atoms with Gasteiger partial charge in [-0.3, -0.25) is 0 Å². The van der Waals surface area contributed by atoms with Crippen molar-refractivity contribution >= 4 is 35.0 Å². The van der Waals surface area contributed by atoms with E-state index in [9.17, 15) is 0 Å². The maximum Gasteiger partial charge on any atom is 0.213 e. The summed E-state index contributed by atoms with van der Waals surface area (Å²) in [4.78, 5) is 4.02. The van der Waals surface area contributed by atoms with Crippen molar-refractivity contribution in [1.29, 1.82) is 0 Å². The lowest BCUT2D eigenvalue weighted by Crippen LogP contribution is -2.08. The summed E-state index contributed by atoms with van der Waals surface area (Å²) in [5.74, 6) is 2.32. The van der Waals surface area contributed by atoms with E-state index in [2.05, 4.69) is 38.8 Å². The third-order valence-corrected chi connectivity index (χ3v) is 4.68. The first-order chi connectivity index (χ1) is 11.5. The van der Waals surface area contributed by atoms with Gasteiger partial charge in [-0.05, 0) is 24.1 Å². The van der Waals surface area contributed by atoms with Crippen LogP contribution in [0.15, 0.2) is 34.3 Å². The largest absolute Gasteiger partial charge is 0.343 e. The fourth-order valence-electron chi connectivity index (χ4n) is 2.18. The van der Waals surface area contributed by atoms with Gasteiger partial charge in [-0.1, -0.05) is 54.0 Å². The molecule has 3 aromatic rings. The Hall–Kier alpha value is -1.57. The number of benzene rings is 1. The van der Waals surface area contributed by atoms with Crippen LogP contribution in [0.25, 0.3) is 11.4 Å². The molecule has 0 saturated carbocycles. The number of thioether (sulfide) groups is 1. The van der Waals surface area contributed by atoms with E-state index in [4.69, 9.17) is 27.7 Å². The molecule has 2 heterocycles. The van der Waals surface area contributed by atoms with E-state index < -0.39 is 0 Å². The van der Waals surface area contributed by atoms with Crippen LogP contribution in [0, 0.1) is 5.92 Å². The molecular weight excluding hydrogens is 369 g/mol. The molecule has 0 spiro atoms. The van der Waals surface area contributed by atoms with Crippen LogP contribution < -0.4 is 0 Å². The molecule has 6 nitrogen and oxygen atoms in total. The van der Waals surface area contributed by atoms with Gasteiger partial charge in [0.05, 0.1) is 10.8 Å². The number of hydrogen-bond acceptors (Lipinski definition) is 6. The second-order valence-electron chi connectivity index (χ2n) is 5.57. The lowest BCUT2D eigenvalue weighted by molar-refractivity contribution is 0.412. The zero-order valence-electron chi connectivity index (χ0n) is 13.1. The predicted octanol–water partition coefficient (Wildman–Crippen LogP) is 4.58. The lowest BCUT2D eigenvalue weighted by Gasteiger charge is -2.13. The molecule has 0 bridgehead atoms. The smallest absolute Gasteiger partial charge is 0.213 e. The first-order valence-corrected chi connectivity index (χ1v) is 9.05. The molecule has 0 aliphatic carbocycles. The summed E-state index contributed by atoms with van der Waals surface area (Å²) in [5, 5.41) is 14.4. The molecule has 3 rings (SSSR count). The highest BCUT2D eigenvalue weighted by Gasteiger charge is 2.18. The minimum atomic E-state index is 0.426. The van der Waals surface area contributed by atoms with Gasteiger partial charge in [-0.15, -0.1) is 10.2 Å². The van der Waals surface area contributed by atoms with Crippen molar-refractivity contribution in [3.63, 3.8) is 0 Å². The number of hydrogen-bond donors (Lipinski definition) is 0. The van der Waals surface area contributed by atoms with E-state index in [1.165, 1.54) is 18.2 Å². The maximum atomic E-state index is 6.34. The van der Waals surface area contributed by atoms with Crippen molar-refractivity contribution in [2.75, 3.05) is 0 Å². The van der Waals surface area contributed by atoms with Crippen LogP contribution in [0.1, 0.15) is 19.7 Å². The summed E-state index contributed by atoms with van der Waals surface area (Å²) < 4.78 is 6.81. The highest BCUT2D eigenvalue weighted by Crippen LogP contribution is 2.32. The van der Waals surface area contributed by atoms with E-state index in [1.54, 1.807) is 12.1 Å². The standard InChI is InChI=1S/C15H15Cl2N5OS/c1-9(2)6-22-14(11-4-3-10(16)5-12(11)17)19-20-15(22)24-7-13-18-8-23-21-13/h3-5,8-9H,6-7H2,1-2H3. The minimum absolute atomic E-state index is 0.426. The van der Waals surface area contributed by atoms with Crippen molar-refractivity contribution < 1.29 is 4.52 Å². The van der Waals surface area contributed by atoms with Crippen molar-refractivity contribution in [2.45, 2.75) is 31.3 Å². The lowest BCUT2D eigenvalue weighted by atomic mass is 10.2. The van der Waals surface area contributed by atoms with Crippen molar-refractivity contribution in [2.24, 2.45) is 5.92 Å². The molecule has 0 amide bonds. The van der Waals surface area contributed by atoms with E-state index in [1.807, 2.05) is 6.07 Å². The average Bonchev–Trinajstić information content (AvgIpc) is 3.15. The summed E-state index contributed by atoms with van der Waals surface area (Å²) in [6.45, 7) is 5.05. The van der Waals surface area contributed by atoms with Crippen molar-refractivity contribution in [3.8, 4) is 11.4 Å².